The molecule has 7 nitrogen and oxygen atoms in total. The molecule has 7 heteroatoms. The summed E-state index contributed by atoms with van der Waals surface area (Å²) < 4.78 is 0. The van der Waals surface area contributed by atoms with E-state index in [1.165, 1.54) is 13.0 Å². The van der Waals surface area contributed by atoms with Gasteiger partial charge in [-0.25, -0.2) is 9.59 Å². The molecule has 0 saturated heterocycles. The Morgan fingerprint density at radius 1 is 1.05 bits per heavy atom. The molecule has 1 amide bonds. The summed E-state index contributed by atoms with van der Waals surface area (Å²) in [6, 6.07) is 6.59. The Bertz CT molecular complexity index is 479. The van der Waals surface area contributed by atoms with E-state index in [1.807, 2.05) is 0 Å². The lowest BCUT2D eigenvalue weighted by atomic mass is 10.3. The molecule has 0 radical (unpaired) electrons. The first kappa shape index (κ1) is 16.2. The molecular formula is C12H13NO6. The van der Waals surface area contributed by atoms with E-state index in [0.29, 0.717) is 17.8 Å². The van der Waals surface area contributed by atoms with Crippen molar-refractivity contribution in [2.75, 3.05) is 5.32 Å². The van der Waals surface area contributed by atoms with Crippen LogP contribution in [0, 0.1) is 0 Å². The van der Waals surface area contributed by atoms with Crippen molar-refractivity contribution < 1.29 is 29.7 Å². The second-order valence-corrected chi connectivity index (χ2v) is 3.21. The second kappa shape index (κ2) is 8.29. The fraction of sp³-hybridized carbons (Fsp3) is 0.0833. The average Bonchev–Trinajstić information content (AvgIpc) is 2.30. The number of hydrogen-bond acceptors (Lipinski definition) is 4. The SMILES string of the molecule is CC(=O)Nc1ccccc1O.O=C(O)/C=C/C(=O)O. The lowest BCUT2D eigenvalue weighted by molar-refractivity contribution is -0.134. The topological polar surface area (TPSA) is 124 Å². The van der Waals surface area contributed by atoms with Crippen molar-refractivity contribution in [1.82, 2.24) is 0 Å². The van der Waals surface area contributed by atoms with Crippen LogP contribution in [0.2, 0.25) is 0 Å². The van der Waals surface area contributed by atoms with Gasteiger partial charge in [0.1, 0.15) is 5.75 Å². The van der Waals surface area contributed by atoms with Crippen molar-refractivity contribution in [2.45, 2.75) is 6.92 Å². The summed E-state index contributed by atoms with van der Waals surface area (Å²) in [5.74, 6) is -2.62. The van der Waals surface area contributed by atoms with E-state index < -0.39 is 11.9 Å². The van der Waals surface area contributed by atoms with Crippen LogP contribution >= 0.6 is 0 Å². The second-order valence-electron chi connectivity index (χ2n) is 3.21. The maximum absolute atomic E-state index is 10.5. The molecule has 102 valence electrons. The number of carboxylic acid groups (broad SMARTS) is 2. The van der Waals surface area contributed by atoms with Crippen LogP contribution in [0.1, 0.15) is 6.92 Å². The molecule has 0 aliphatic rings. The van der Waals surface area contributed by atoms with Crippen molar-refractivity contribution in [3.63, 3.8) is 0 Å². The fourth-order valence-corrected chi connectivity index (χ4v) is 0.912. The van der Waals surface area contributed by atoms with Gasteiger partial charge in [0.2, 0.25) is 5.91 Å². The molecule has 1 rings (SSSR count). The molecule has 0 atom stereocenters. The lowest BCUT2D eigenvalue weighted by Crippen LogP contribution is -2.05. The number of aromatic hydroxyl groups is 1. The Morgan fingerprint density at radius 2 is 1.53 bits per heavy atom. The van der Waals surface area contributed by atoms with Crippen molar-refractivity contribution in [2.24, 2.45) is 0 Å². The molecule has 0 aromatic heterocycles. The third-order valence-corrected chi connectivity index (χ3v) is 1.58. The molecule has 0 heterocycles. The van der Waals surface area contributed by atoms with Crippen LogP contribution in [0.4, 0.5) is 5.69 Å². The number of aliphatic carboxylic acids is 2. The number of nitrogens with one attached hydrogen (secondary N) is 1. The molecule has 19 heavy (non-hydrogen) atoms. The summed E-state index contributed by atoms with van der Waals surface area (Å²) >= 11 is 0. The predicted molar refractivity (Wildman–Crippen MR) is 66.8 cm³/mol. The van der Waals surface area contributed by atoms with Gasteiger partial charge in [0.15, 0.2) is 0 Å². The molecule has 0 fully saturated rings. The largest absolute Gasteiger partial charge is 0.506 e. The molecule has 4 N–H and O–H groups in total. The lowest BCUT2D eigenvalue weighted by Gasteiger charge is -2.02. The van der Waals surface area contributed by atoms with Crippen LogP contribution in [0.15, 0.2) is 36.4 Å². The van der Waals surface area contributed by atoms with Crippen LogP contribution in [-0.4, -0.2) is 33.2 Å². The van der Waals surface area contributed by atoms with Gasteiger partial charge < -0.3 is 20.6 Å². The number of rotatable bonds is 3. The number of carbonyl (C=O) groups excluding carboxylic acids is 1. The number of benzene rings is 1. The maximum Gasteiger partial charge on any atom is 0.328 e. The zero-order valence-electron chi connectivity index (χ0n) is 10.0. The van der Waals surface area contributed by atoms with Gasteiger partial charge in [0.05, 0.1) is 5.69 Å². The van der Waals surface area contributed by atoms with Gasteiger partial charge in [-0.15, -0.1) is 0 Å². The van der Waals surface area contributed by atoms with E-state index in [9.17, 15) is 14.4 Å². The smallest absolute Gasteiger partial charge is 0.328 e. The fourth-order valence-electron chi connectivity index (χ4n) is 0.912. The summed E-state index contributed by atoms with van der Waals surface area (Å²) in [7, 11) is 0. The maximum atomic E-state index is 10.5. The summed E-state index contributed by atoms with van der Waals surface area (Å²) in [4.78, 5) is 29.7. The Hall–Kier alpha value is -2.83. The van der Waals surface area contributed by atoms with Crippen molar-refractivity contribution >= 4 is 23.5 Å². The Morgan fingerprint density at radius 3 is 1.89 bits per heavy atom. The molecule has 1 aromatic rings. The molecule has 0 aliphatic carbocycles. The van der Waals surface area contributed by atoms with Crippen LogP contribution < -0.4 is 5.32 Å². The normalized spacial score (nSPS) is 9.32. The monoisotopic (exact) mass is 267 g/mol. The van der Waals surface area contributed by atoms with Gasteiger partial charge in [0, 0.05) is 19.1 Å². The zero-order chi connectivity index (χ0) is 14.8. The van der Waals surface area contributed by atoms with Gasteiger partial charge in [-0.1, -0.05) is 12.1 Å². The Kier molecular flexibility index (Phi) is 7.05. The van der Waals surface area contributed by atoms with E-state index in [4.69, 9.17) is 15.3 Å². The van der Waals surface area contributed by atoms with Crippen molar-refractivity contribution in [3.8, 4) is 5.75 Å². The zero-order valence-corrected chi connectivity index (χ0v) is 10.0. The molecule has 0 bridgehead atoms. The number of hydrogen-bond donors (Lipinski definition) is 4. The summed E-state index contributed by atoms with van der Waals surface area (Å²) in [6.07, 6.45) is 1.12. The Balaban J connectivity index is 0.000000362. The van der Waals surface area contributed by atoms with Gasteiger partial charge in [-0.3, -0.25) is 4.79 Å². The number of carbonyl (C=O) groups is 3. The minimum atomic E-state index is -1.26. The number of anilines is 1. The first-order valence-electron chi connectivity index (χ1n) is 5.02. The van der Waals surface area contributed by atoms with E-state index in [0.717, 1.165) is 0 Å². The van der Waals surface area contributed by atoms with Crippen LogP contribution in [0.25, 0.3) is 0 Å². The van der Waals surface area contributed by atoms with E-state index >= 15 is 0 Å². The van der Waals surface area contributed by atoms with Gasteiger partial charge >= 0.3 is 11.9 Å². The highest BCUT2D eigenvalue weighted by Gasteiger charge is 1.98. The number of phenols is 1. The number of amides is 1. The first-order valence-corrected chi connectivity index (χ1v) is 5.02. The highest BCUT2D eigenvalue weighted by atomic mass is 16.4. The van der Waals surface area contributed by atoms with E-state index in [-0.39, 0.29) is 11.7 Å². The third-order valence-electron chi connectivity index (χ3n) is 1.58. The third kappa shape index (κ3) is 8.93. The van der Waals surface area contributed by atoms with Crippen molar-refractivity contribution in [1.29, 1.82) is 0 Å². The first-order chi connectivity index (χ1) is 8.82. The number of para-hydroxylation sites is 2. The number of phenolic OH excluding ortho intramolecular Hbond substituents is 1. The van der Waals surface area contributed by atoms with Gasteiger partial charge in [-0.05, 0) is 12.1 Å². The minimum Gasteiger partial charge on any atom is -0.506 e. The molecule has 0 aliphatic heterocycles. The molecule has 0 saturated carbocycles. The standard InChI is InChI=1S/C8H9NO2.C4H4O4/c1-6(10)9-7-4-2-3-5-8(7)11;5-3(6)1-2-4(7)8/h2-5,11H,1H3,(H,9,10);1-2H,(H,5,6)(H,7,8)/b;2-1+. The van der Waals surface area contributed by atoms with E-state index in [1.54, 1.807) is 18.2 Å². The van der Waals surface area contributed by atoms with Gasteiger partial charge in [0.25, 0.3) is 0 Å². The average molecular weight is 267 g/mol. The predicted octanol–water partition coefficient (Wildman–Crippen LogP) is 1.06. The molecule has 0 spiro atoms. The van der Waals surface area contributed by atoms with Crippen molar-refractivity contribution in [3.05, 3.63) is 36.4 Å². The summed E-state index contributed by atoms with van der Waals surface area (Å²) in [6.45, 7) is 1.40. The highest BCUT2D eigenvalue weighted by Crippen LogP contribution is 2.20. The Labute approximate surface area is 108 Å². The van der Waals surface area contributed by atoms with Crippen LogP contribution in [0.5, 0.6) is 5.75 Å². The minimum absolute atomic E-state index is 0.0858. The molecule has 0 unspecified atom stereocenters. The van der Waals surface area contributed by atoms with Crippen LogP contribution in [-0.2, 0) is 14.4 Å². The summed E-state index contributed by atoms with van der Waals surface area (Å²) in [5.41, 5.74) is 0.444. The number of carboxylic acids is 2. The highest BCUT2D eigenvalue weighted by molar-refractivity contribution is 5.90. The van der Waals surface area contributed by atoms with Gasteiger partial charge in [-0.2, -0.15) is 0 Å². The van der Waals surface area contributed by atoms with E-state index in [2.05, 4.69) is 5.32 Å². The van der Waals surface area contributed by atoms with Crippen LogP contribution in [0.3, 0.4) is 0 Å². The summed E-state index contributed by atoms with van der Waals surface area (Å²) in [5, 5.41) is 27.3. The quantitative estimate of drug-likeness (QED) is 0.479. The molecular weight excluding hydrogens is 254 g/mol. The molecule has 1 aromatic carbocycles.